The molecule has 2 aromatic rings. The number of aromatic nitrogens is 2. The molecule has 2 amide bonds. The summed E-state index contributed by atoms with van der Waals surface area (Å²) in [6, 6.07) is 7.95. The van der Waals surface area contributed by atoms with E-state index in [1.165, 1.54) is 37.4 Å². The van der Waals surface area contributed by atoms with Crippen LogP contribution in [0.5, 0.6) is 0 Å². The molecule has 0 bridgehead atoms. The maximum Gasteiger partial charge on any atom is 0.319 e. The average Bonchev–Trinajstić information content (AvgIpc) is 2.87. The fourth-order valence-corrected chi connectivity index (χ4v) is 3.86. The first-order valence-corrected chi connectivity index (χ1v) is 9.65. The van der Waals surface area contributed by atoms with Crippen LogP contribution in [0.3, 0.4) is 0 Å². The molecule has 1 aromatic heterocycles. The van der Waals surface area contributed by atoms with Crippen molar-refractivity contribution in [3.05, 3.63) is 42.2 Å². The number of carbonyl (C=O) groups excluding carboxylic acids is 1. The molecule has 0 radical (unpaired) electrons. The van der Waals surface area contributed by atoms with Crippen molar-refractivity contribution >= 4 is 23.5 Å². The van der Waals surface area contributed by atoms with Crippen molar-refractivity contribution < 1.29 is 4.79 Å². The van der Waals surface area contributed by atoms with Gasteiger partial charge in [-0.3, -0.25) is 0 Å². The van der Waals surface area contributed by atoms with E-state index >= 15 is 0 Å². The molecule has 5 nitrogen and oxygen atoms in total. The summed E-state index contributed by atoms with van der Waals surface area (Å²) in [7, 11) is 0. The third-order valence-electron chi connectivity index (χ3n) is 4.39. The number of hydrogen-bond acceptors (Lipinski definition) is 4. The van der Waals surface area contributed by atoms with Gasteiger partial charge in [-0.15, -0.1) is 0 Å². The van der Waals surface area contributed by atoms with E-state index in [0.717, 1.165) is 29.0 Å². The maximum atomic E-state index is 12.3. The highest BCUT2D eigenvalue weighted by Gasteiger charge is 2.15. The molecule has 1 aliphatic rings. The molecule has 1 saturated carbocycles. The number of amides is 2. The monoisotopic (exact) mass is 356 g/mol. The predicted octanol–water partition coefficient (Wildman–Crippen LogP) is 4.78. The Morgan fingerprint density at radius 2 is 1.84 bits per heavy atom. The van der Waals surface area contributed by atoms with E-state index in [4.69, 9.17) is 0 Å². The van der Waals surface area contributed by atoms with Crippen LogP contribution in [0.2, 0.25) is 0 Å². The number of benzene rings is 1. The van der Waals surface area contributed by atoms with Gasteiger partial charge in [0.1, 0.15) is 0 Å². The second-order valence-electron chi connectivity index (χ2n) is 6.40. The number of nitrogens with zero attached hydrogens (tertiary/aromatic N) is 2. The Hall–Kier alpha value is -2.08. The Kier molecular flexibility index (Phi) is 6.28. The molecular weight excluding hydrogens is 332 g/mol. The summed E-state index contributed by atoms with van der Waals surface area (Å²) in [6.45, 7) is 2.00. The van der Waals surface area contributed by atoms with E-state index in [9.17, 15) is 4.79 Å². The second-order valence-corrected chi connectivity index (χ2v) is 7.44. The molecular formula is C19H24N4OS. The fraction of sp³-hybridized carbons (Fsp3) is 0.421. The highest BCUT2D eigenvalue weighted by Crippen LogP contribution is 2.28. The molecule has 2 N–H and O–H groups in total. The van der Waals surface area contributed by atoms with Crippen molar-refractivity contribution in [3.8, 4) is 0 Å². The van der Waals surface area contributed by atoms with Crippen LogP contribution in [0, 0.1) is 6.92 Å². The minimum atomic E-state index is -0.109. The number of nitrogens with one attached hydrogen (secondary N) is 2. The molecule has 0 unspecified atom stereocenters. The number of urea groups is 1. The highest BCUT2D eigenvalue weighted by molar-refractivity contribution is 7.99. The van der Waals surface area contributed by atoms with Crippen molar-refractivity contribution in [2.45, 2.75) is 61.5 Å². The molecule has 1 aromatic carbocycles. The Bertz CT molecular complexity index is 700. The first-order chi connectivity index (χ1) is 12.2. The zero-order valence-electron chi connectivity index (χ0n) is 14.5. The average molecular weight is 356 g/mol. The van der Waals surface area contributed by atoms with Gasteiger partial charge in [-0.2, -0.15) is 0 Å². The van der Waals surface area contributed by atoms with Crippen LogP contribution < -0.4 is 10.6 Å². The summed E-state index contributed by atoms with van der Waals surface area (Å²) >= 11 is 1.51. The smallest absolute Gasteiger partial charge is 0.319 e. The molecule has 3 rings (SSSR count). The fourth-order valence-electron chi connectivity index (χ4n) is 3.05. The quantitative estimate of drug-likeness (QED) is 0.611. The van der Waals surface area contributed by atoms with E-state index in [1.807, 2.05) is 25.1 Å². The van der Waals surface area contributed by atoms with E-state index in [2.05, 4.69) is 20.6 Å². The molecule has 1 aliphatic carbocycles. The number of carbonyl (C=O) groups is 1. The molecule has 0 spiro atoms. The van der Waals surface area contributed by atoms with Gasteiger partial charge in [0.05, 0.1) is 0 Å². The minimum absolute atomic E-state index is 0.109. The van der Waals surface area contributed by atoms with Crippen molar-refractivity contribution in [3.63, 3.8) is 0 Å². The predicted molar refractivity (Wildman–Crippen MR) is 101 cm³/mol. The van der Waals surface area contributed by atoms with Crippen molar-refractivity contribution in [2.24, 2.45) is 0 Å². The Morgan fingerprint density at radius 1 is 1.12 bits per heavy atom. The lowest BCUT2D eigenvalue weighted by atomic mass is 10.1. The zero-order chi connectivity index (χ0) is 17.5. The SMILES string of the molecule is Cc1cc(Sc2ncccn2)ccc1NC(=O)NC1CCCCCC1. The number of rotatable bonds is 4. The summed E-state index contributed by atoms with van der Waals surface area (Å²) in [5, 5.41) is 6.81. The van der Waals surface area contributed by atoms with Crippen LogP contribution in [0.4, 0.5) is 10.5 Å². The Labute approximate surface area is 153 Å². The number of anilines is 1. The summed E-state index contributed by atoms with van der Waals surface area (Å²) < 4.78 is 0. The van der Waals surface area contributed by atoms with Crippen LogP contribution >= 0.6 is 11.8 Å². The van der Waals surface area contributed by atoms with Gasteiger partial charge in [0, 0.05) is 29.0 Å². The lowest BCUT2D eigenvalue weighted by molar-refractivity contribution is 0.247. The summed E-state index contributed by atoms with van der Waals surface area (Å²) in [5.74, 6) is 0. The van der Waals surface area contributed by atoms with Crippen LogP contribution in [0.1, 0.15) is 44.1 Å². The third-order valence-corrected chi connectivity index (χ3v) is 5.27. The standard InChI is InChI=1S/C19H24N4OS/c1-14-13-16(25-19-20-11-6-12-21-19)9-10-17(14)23-18(24)22-15-7-4-2-3-5-8-15/h6,9-13,15H,2-5,7-8H2,1H3,(H2,22,23,24). The van der Waals surface area contributed by atoms with E-state index in [-0.39, 0.29) is 6.03 Å². The third kappa shape index (κ3) is 5.46. The van der Waals surface area contributed by atoms with Crippen LogP contribution in [0.25, 0.3) is 0 Å². The Morgan fingerprint density at radius 3 is 2.52 bits per heavy atom. The molecule has 25 heavy (non-hydrogen) atoms. The minimum Gasteiger partial charge on any atom is -0.335 e. The summed E-state index contributed by atoms with van der Waals surface area (Å²) in [4.78, 5) is 21.8. The molecule has 132 valence electrons. The van der Waals surface area contributed by atoms with Crippen molar-refractivity contribution in [1.29, 1.82) is 0 Å². The van der Waals surface area contributed by atoms with E-state index in [0.29, 0.717) is 11.2 Å². The van der Waals surface area contributed by atoms with Gasteiger partial charge in [0.25, 0.3) is 0 Å². The first kappa shape index (κ1) is 17.7. The molecule has 0 aliphatic heterocycles. The molecule has 6 heteroatoms. The molecule has 0 atom stereocenters. The van der Waals surface area contributed by atoms with Crippen LogP contribution in [-0.4, -0.2) is 22.0 Å². The van der Waals surface area contributed by atoms with Crippen molar-refractivity contribution in [1.82, 2.24) is 15.3 Å². The van der Waals surface area contributed by atoms with E-state index in [1.54, 1.807) is 18.5 Å². The molecule has 1 fully saturated rings. The van der Waals surface area contributed by atoms with Gasteiger partial charge in [-0.1, -0.05) is 25.7 Å². The van der Waals surface area contributed by atoms with Gasteiger partial charge in [0.2, 0.25) is 0 Å². The summed E-state index contributed by atoms with van der Waals surface area (Å²) in [5.41, 5.74) is 1.86. The van der Waals surface area contributed by atoms with Gasteiger partial charge in [-0.05, 0) is 61.4 Å². The number of hydrogen-bond donors (Lipinski definition) is 2. The largest absolute Gasteiger partial charge is 0.335 e. The zero-order valence-corrected chi connectivity index (χ0v) is 15.3. The normalized spacial score (nSPS) is 15.4. The van der Waals surface area contributed by atoms with Crippen LogP contribution in [0.15, 0.2) is 46.7 Å². The molecule has 1 heterocycles. The van der Waals surface area contributed by atoms with Gasteiger partial charge in [-0.25, -0.2) is 14.8 Å². The topological polar surface area (TPSA) is 66.9 Å². The Balaban J connectivity index is 1.58. The lowest BCUT2D eigenvalue weighted by Gasteiger charge is -2.17. The van der Waals surface area contributed by atoms with Gasteiger partial charge < -0.3 is 10.6 Å². The van der Waals surface area contributed by atoms with Crippen molar-refractivity contribution in [2.75, 3.05) is 5.32 Å². The maximum absolute atomic E-state index is 12.3. The molecule has 0 saturated heterocycles. The van der Waals surface area contributed by atoms with Gasteiger partial charge in [0.15, 0.2) is 5.16 Å². The highest BCUT2D eigenvalue weighted by atomic mass is 32.2. The first-order valence-electron chi connectivity index (χ1n) is 8.84. The summed E-state index contributed by atoms with van der Waals surface area (Å²) in [6.07, 6.45) is 10.6. The second kappa shape index (κ2) is 8.85. The number of aryl methyl sites for hydroxylation is 1. The van der Waals surface area contributed by atoms with Gasteiger partial charge >= 0.3 is 6.03 Å². The lowest BCUT2D eigenvalue weighted by Crippen LogP contribution is -2.37. The van der Waals surface area contributed by atoms with Crippen LogP contribution in [-0.2, 0) is 0 Å². The van der Waals surface area contributed by atoms with E-state index < -0.39 is 0 Å².